The summed E-state index contributed by atoms with van der Waals surface area (Å²) in [5.41, 5.74) is 0. The maximum absolute atomic E-state index is 12.5. The second-order valence-corrected chi connectivity index (χ2v) is 4.26. The number of nitrogens with zero attached hydrogens (tertiary/aromatic N) is 1. The number of rotatable bonds is 4. The van der Waals surface area contributed by atoms with E-state index in [1.807, 2.05) is 0 Å². The van der Waals surface area contributed by atoms with Gasteiger partial charge in [-0.15, -0.1) is 0 Å². The lowest BCUT2D eigenvalue weighted by Gasteiger charge is -2.35. The number of hydrogen-bond donors (Lipinski definition) is 0. The van der Waals surface area contributed by atoms with Crippen molar-refractivity contribution in [1.82, 2.24) is 0 Å². The lowest BCUT2D eigenvalue weighted by atomic mass is 9.99. The van der Waals surface area contributed by atoms with E-state index in [0.717, 1.165) is 0 Å². The van der Waals surface area contributed by atoms with Gasteiger partial charge in [-0.05, 0) is 0 Å². The third kappa shape index (κ3) is 2.21. The number of halogens is 11. The van der Waals surface area contributed by atoms with Crippen LogP contribution in [0.3, 0.4) is 0 Å². The van der Waals surface area contributed by atoms with Crippen LogP contribution in [0.2, 0.25) is 0 Å². The van der Waals surface area contributed by atoms with E-state index < -0.39 is 56.3 Å². The van der Waals surface area contributed by atoms with Crippen molar-refractivity contribution in [1.29, 1.82) is 5.26 Å². The minimum absolute atomic E-state index is 0.600. The molecule has 0 heterocycles. The van der Waals surface area contributed by atoms with Gasteiger partial charge in [-0.25, -0.2) is 0 Å². The van der Waals surface area contributed by atoms with Gasteiger partial charge in [0.05, 0.1) is 0 Å². The molecule has 0 aromatic heterocycles. The lowest BCUT2D eigenvalue weighted by Crippen LogP contribution is -2.65. The largest absolute Gasteiger partial charge is 0.400 e. The Balaban J connectivity index is 5.90. The van der Waals surface area contributed by atoms with Gasteiger partial charge in [0.1, 0.15) is 6.07 Å². The zero-order valence-electron chi connectivity index (χ0n) is 7.60. The first kappa shape index (κ1) is 17.5. The zero-order chi connectivity index (χ0) is 15.2. The first-order valence-corrected chi connectivity index (χ1v) is 4.63. The van der Waals surface area contributed by atoms with Crippen molar-refractivity contribution in [2.75, 3.05) is 0 Å². The van der Waals surface area contributed by atoms with Gasteiger partial charge in [0, 0.05) is 22.6 Å². The smallest absolute Gasteiger partial charge is 0.192 e. The molecule has 0 unspecified atom stereocenters. The van der Waals surface area contributed by atoms with Crippen LogP contribution in [0.5, 0.6) is 0 Å². The standard InChI is InChI=1S/C6F10IN/c7-2(8,1-18)3(9,10)4(11,12)5(13,14)6(15,16)17. The summed E-state index contributed by atoms with van der Waals surface area (Å²) >= 11 is -0.600. The second-order valence-electron chi connectivity index (χ2n) is 2.91. The van der Waals surface area contributed by atoms with E-state index in [1.165, 1.54) is 0 Å². The van der Waals surface area contributed by atoms with Crippen LogP contribution in [0.4, 0.5) is 43.9 Å². The highest BCUT2D eigenvalue weighted by Crippen LogP contribution is 2.58. The number of alkyl halides is 11. The maximum atomic E-state index is 12.5. The Morgan fingerprint density at radius 3 is 1.22 bits per heavy atom. The zero-order valence-corrected chi connectivity index (χ0v) is 9.76. The summed E-state index contributed by atoms with van der Waals surface area (Å²) in [5, 5.41) is 7.51. The van der Waals surface area contributed by atoms with Crippen LogP contribution in [0.1, 0.15) is 0 Å². The van der Waals surface area contributed by atoms with E-state index in [4.69, 9.17) is 5.26 Å². The van der Waals surface area contributed by atoms with Crippen molar-refractivity contribution in [2.24, 2.45) is 0 Å². The molecule has 18 heavy (non-hydrogen) atoms. The average molecular weight is 403 g/mol. The molecule has 0 saturated heterocycles. The fourth-order valence-electron chi connectivity index (χ4n) is 0.643. The predicted octanol–water partition coefficient (Wildman–Crippen LogP) is 4.08. The number of hydrogen-bond acceptors (Lipinski definition) is 1. The van der Waals surface area contributed by atoms with E-state index in [9.17, 15) is 43.9 Å². The minimum Gasteiger partial charge on any atom is -0.192 e. The first-order valence-electron chi connectivity index (χ1n) is 3.55. The monoisotopic (exact) mass is 403 g/mol. The third-order valence-corrected chi connectivity index (χ3v) is 2.36. The summed E-state index contributed by atoms with van der Waals surface area (Å²) in [4.78, 5) is 0. The van der Waals surface area contributed by atoms with Crippen LogP contribution in [-0.4, -0.2) is 27.6 Å². The molecule has 0 aromatic carbocycles. The normalized spacial score (nSPS) is 15.4. The molecule has 0 amide bonds. The molecule has 1 nitrogen and oxygen atoms in total. The SMILES string of the molecule is N#CC(F)(F)C(F)(F)C(F)(F)C(F)(F)C(F)(F)I. The van der Waals surface area contributed by atoms with Gasteiger partial charge < -0.3 is 0 Å². The molecule has 0 fully saturated rings. The van der Waals surface area contributed by atoms with Gasteiger partial charge in [-0.1, -0.05) is 0 Å². The molecule has 0 bridgehead atoms. The van der Waals surface area contributed by atoms with Gasteiger partial charge in [0.2, 0.25) is 0 Å². The van der Waals surface area contributed by atoms with Gasteiger partial charge in [0.15, 0.2) is 0 Å². The Bertz CT molecular complexity index is 364. The lowest BCUT2D eigenvalue weighted by molar-refractivity contribution is -0.376. The van der Waals surface area contributed by atoms with E-state index >= 15 is 0 Å². The van der Waals surface area contributed by atoms with E-state index in [-0.39, 0.29) is 0 Å². The van der Waals surface area contributed by atoms with Crippen molar-refractivity contribution in [2.45, 2.75) is 27.6 Å². The van der Waals surface area contributed by atoms with Gasteiger partial charge >= 0.3 is 27.6 Å². The van der Waals surface area contributed by atoms with E-state index in [2.05, 4.69) is 0 Å². The topological polar surface area (TPSA) is 23.8 Å². The highest BCUT2D eigenvalue weighted by Gasteiger charge is 2.86. The van der Waals surface area contributed by atoms with Crippen molar-refractivity contribution < 1.29 is 43.9 Å². The summed E-state index contributed by atoms with van der Waals surface area (Å²) < 4.78 is 118. The van der Waals surface area contributed by atoms with Gasteiger partial charge in [0.25, 0.3) is 0 Å². The fourth-order valence-corrected chi connectivity index (χ4v) is 0.981. The van der Waals surface area contributed by atoms with E-state index in [1.54, 1.807) is 0 Å². The summed E-state index contributed by atoms with van der Waals surface area (Å²) in [5.74, 6) is -27.1. The molecular weight excluding hydrogens is 403 g/mol. The molecule has 12 heteroatoms. The van der Waals surface area contributed by atoms with Crippen LogP contribution in [0.25, 0.3) is 0 Å². The van der Waals surface area contributed by atoms with Gasteiger partial charge in [-0.2, -0.15) is 49.2 Å². The molecule has 0 aromatic rings. The fraction of sp³-hybridized carbons (Fsp3) is 0.833. The molecule has 0 spiro atoms. The summed E-state index contributed by atoms with van der Waals surface area (Å²) in [7, 11) is 0. The van der Waals surface area contributed by atoms with Crippen molar-refractivity contribution in [3.63, 3.8) is 0 Å². The molecule has 0 aliphatic heterocycles. The molecule has 0 N–H and O–H groups in total. The molecule has 0 saturated carbocycles. The quantitative estimate of drug-likeness (QED) is 0.395. The van der Waals surface area contributed by atoms with Crippen molar-refractivity contribution in [3.8, 4) is 6.07 Å². The third-order valence-electron chi connectivity index (χ3n) is 1.68. The van der Waals surface area contributed by atoms with Crippen LogP contribution in [0.15, 0.2) is 0 Å². The minimum atomic E-state index is -7.14. The average Bonchev–Trinajstić information content (AvgIpc) is 2.15. The summed E-state index contributed by atoms with van der Waals surface area (Å²) in [6.07, 6.45) is 0. The molecule has 0 aliphatic carbocycles. The van der Waals surface area contributed by atoms with Crippen molar-refractivity contribution >= 4 is 22.6 Å². The Kier molecular flexibility index (Phi) is 4.16. The number of nitriles is 1. The Morgan fingerprint density at radius 2 is 1.00 bits per heavy atom. The van der Waals surface area contributed by atoms with E-state index in [0.29, 0.717) is 0 Å². The van der Waals surface area contributed by atoms with Crippen LogP contribution < -0.4 is 0 Å². The van der Waals surface area contributed by atoms with Crippen LogP contribution in [0, 0.1) is 11.3 Å². The molecule has 0 rings (SSSR count). The maximum Gasteiger partial charge on any atom is 0.400 e. The Hall–Kier alpha value is -0.480. The highest BCUT2D eigenvalue weighted by atomic mass is 127. The molecule has 0 aliphatic rings. The Labute approximate surface area is 106 Å². The molecule has 106 valence electrons. The van der Waals surface area contributed by atoms with Crippen LogP contribution >= 0.6 is 22.6 Å². The highest BCUT2D eigenvalue weighted by molar-refractivity contribution is 14.1. The molecular formula is C6F10IN. The summed E-state index contributed by atoms with van der Waals surface area (Å²) in [6, 6.07) is -0.633. The van der Waals surface area contributed by atoms with Crippen LogP contribution in [-0.2, 0) is 0 Å². The predicted molar refractivity (Wildman–Crippen MR) is 44.4 cm³/mol. The summed E-state index contributed by atoms with van der Waals surface area (Å²) in [6.45, 7) is 0. The van der Waals surface area contributed by atoms with Crippen molar-refractivity contribution in [3.05, 3.63) is 0 Å². The molecule has 0 atom stereocenters. The second kappa shape index (κ2) is 4.27. The molecule has 0 radical (unpaired) electrons. The first-order chi connectivity index (χ1) is 7.56. The Morgan fingerprint density at radius 1 is 0.667 bits per heavy atom. The van der Waals surface area contributed by atoms with Gasteiger partial charge in [-0.3, -0.25) is 0 Å².